The smallest absolute Gasteiger partial charge is 0.259 e. The molecule has 252 valence electrons. The second-order valence-corrected chi connectivity index (χ2v) is 12.0. The van der Waals surface area contributed by atoms with E-state index in [1.807, 2.05) is 12.1 Å². The van der Waals surface area contributed by atoms with Crippen LogP contribution < -0.4 is 46.4 Å². The molecule has 0 aliphatic carbocycles. The maximum Gasteiger partial charge on any atom is 0.259 e. The second kappa shape index (κ2) is 15.8. The number of hydrogen-bond acceptors (Lipinski definition) is 9. The van der Waals surface area contributed by atoms with Crippen molar-refractivity contribution in [3.63, 3.8) is 0 Å². The van der Waals surface area contributed by atoms with Crippen molar-refractivity contribution < 1.29 is 71.7 Å². The number of benzene rings is 4. The van der Waals surface area contributed by atoms with Crippen LogP contribution in [0.15, 0.2) is 109 Å². The molecule has 0 aliphatic rings. The van der Waals surface area contributed by atoms with Crippen LogP contribution >= 0.6 is 0 Å². The molecule has 0 amide bonds. The molecule has 48 heavy (non-hydrogen) atoms. The number of aryl methyl sites for hydroxylation is 2. The van der Waals surface area contributed by atoms with Gasteiger partial charge in [0.2, 0.25) is 0 Å². The molecule has 6 rings (SSSR count). The van der Waals surface area contributed by atoms with Gasteiger partial charge in [-0.25, -0.2) is 46.4 Å². The summed E-state index contributed by atoms with van der Waals surface area (Å²) < 4.78 is 77.1. The first kappa shape index (κ1) is 36.6. The monoisotopic (exact) mass is 698 g/mol. The molecule has 0 unspecified atom stereocenters. The molecule has 0 radical (unpaired) electrons. The lowest BCUT2D eigenvalue weighted by Crippen LogP contribution is -2.68. The Balaban J connectivity index is 0.000000458. The zero-order chi connectivity index (χ0) is 35.1. The number of halogens is 2. The zero-order valence-electron chi connectivity index (χ0n) is 25.9. The molecule has 13 nitrogen and oxygen atoms in total. The maximum atomic E-state index is 13.2. The Morgan fingerprint density at radius 1 is 0.521 bits per heavy atom. The number of carbonyl (C=O) groups excluding carboxylic acids is 1. The van der Waals surface area contributed by atoms with Gasteiger partial charge in [-0.1, -0.05) is 60.7 Å². The molecule has 0 aliphatic heterocycles. The number of carbonyl (C=O) groups is 1. The molecular formula is C33H32Cl2N4O9. The van der Waals surface area contributed by atoms with E-state index < -0.39 is 20.5 Å². The lowest BCUT2D eigenvalue weighted by atomic mass is 10.2. The third-order valence-electron chi connectivity index (χ3n) is 7.51. The van der Waals surface area contributed by atoms with E-state index in [0.717, 1.165) is 45.1 Å². The Morgan fingerprint density at radius 2 is 0.812 bits per heavy atom. The SMILES string of the molecule is Cc1n(-c2ccccc2)c2ccccc2[n+]1CCC(=O)CC[n+]1c(C)n(-c2ccccc2)c2ccccc21.[O-][Cl+3]([O-])([O-])[O-].[O-][Cl+3]([O-])([O-])[O-]. The molecule has 2 aromatic heterocycles. The van der Waals surface area contributed by atoms with Crippen molar-refractivity contribution in [2.24, 2.45) is 0 Å². The van der Waals surface area contributed by atoms with Gasteiger partial charge in [0.15, 0.2) is 22.1 Å². The fraction of sp³-hybridized carbons (Fsp3) is 0.182. The summed E-state index contributed by atoms with van der Waals surface area (Å²) in [5.74, 6) is 2.53. The number of Topliss-reactive ketones (excluding diaryl/α,β-unsaturated/α-hetero) is 1. The summed E-state index contributed by atoms with van der Waals surface area (Å²) in [5, 5.41) is 0. The van der Waals surface area contributed by atoms with Crippen LogP contribution in [-0.4, -0.2) is 14.9 Å². The molecule has 4 aromatic carbocycles. The van der Waals surface area contributed by atoms with Gasteiger partial charge >= 0.3 is 0 Å². The number of rotatable bonds is 8. The number of aromatic nitrogens is 4. The Labute approximate surface area is 280 Å². The molecular weight excluding hydrogens is 667 g/mol. The van der Waals surface area contributed by atoms with Gasteiger partial charge in [0.1, 0.15) is 17.2 Å². The highest BCUT2D eigenvalue weighted by atomic mass is 35.7. The van der Waals surface area contributed by atoms with Crippen LogP contribution in [0.3, 0.4) is 0 Å². The van der Waals surface area contributed by atoms with Gasteiger partial charge in [-0.05, 0) is 48.5 Å². The van der Waals surface area contributed by atoms with Gasteiger partial charge in [-0.15, -0.1) is 20.5 Å². The summed E-state index contributed by atoms with van der Waals surface area (Å²) in [4.78, 5) is 13.2. The van der Waals surface area contributed by atoms with Crippen LogP contribution in [0.2, 0.25) is 0 Å². The summed E-state index contributed by atoms with van der Waals surface area (Å²) >= 11 is 0. The predicted molar refractivity (Wildman–Crippen MR) is 151 cm³/mol. The first-order valence-corrected chi connectivity index (χ1v) is 17.0. The highest BCUT2D eigenvalue weighted by molar-refractivity contribution is 5.79. The highest BCUT2D eigenvalue weighted by Crippen LogP contribution is 2.21. The fourth-order valence-electron chi connectivity index (χ4n) is 5.67. The predicted octanol–water partition coefficient (Wildman–Crippen LogP) is -3.70. The van der Waals surface area contributed by atoms with Crippen LogP contribution in [-0.2, 0) is 17.9 Å². The number of nitrogens with zero attached hydrogens (tertiary/aromatic N) is 4. The highest BCUT2D eigenvalue weighted by Gasteiger charge is 2.25. The van der Waals surface area contributed by atoms with E-state index in [9.17, 15) is 4.79 Å². The number of ketones is 1. The molecule has 0 saturated heterocycles. The van der Waals surface area contributed by atoms with Gasteiger partial charge < -0.3 is 0 Å². The Hall–Kier alpha value is -4.25. The van der Waals surface area contributed by atoms with Crippen LogP contribution in [0.4, 0.5) is 0 Å². The first-order valence-electron chi connectivity index (χ1n) is 14.5. The van der Waals surface area contributed by atoms with E-state index in [1.54, 1.807) is 0 Å². The Kier molecular flexibility index (Phi) is 12.0. The molecule has 0 bridgehead atoms. The van der Waals surface area contributed by atoms with Crippen LogP contribution in [0.1, 0.15) is 24.5 Å². The molecule has 2 heterocycles. The van der Waals surface area contributed by atoms with E-state index in [2.05, 4.69) is 129 Å². The number of fused-ring (bicyclic) bond motifs is 2. The minimum Gasteiger partial charge on any atom is -0.299 e. The molecule has 15 heteroatoms. The van der Waals surface area contributed by atoms with Crippen LogP contribution in [0.25, 0.3) is 33.4 Å². The van der Waals surface area contributed by atoms with E-state index in [1.165, 1.54) is 0 Å². The van der Waals surface area contributed by atoms with Crippen LogP contribution in [0, 0.1) is 34.3 Å². The summed E-state index contributed by atoms with van der Waals surface area (Å²) in [7, 11) is -9.89. The van der Waals surface area contributed by atoms with Crippen molar-refractivity contribution in [2.45, 2.75) is 39.8 Å². The third-order valence-corrected chi connectivity index (χ3v) is 7.51. The number of hydrogen-bond donors (Lipinski definition) is 0. The minimum absolute atomic E-state index is 0.275. The Morgan fingerprint density at radius 3 is 1.15 bits per heavy atom. The molecule has 0 N–H and O–H groups in total. The average molecular weight is 700 g/mol. The van der Waals surface area contributed by atoms with E-state index in [0.29, 0.717) is 25.9 Å². The third kappa shape index (κ3) is 9.88. The zero-order valence-corrected chi connectivity index (χ0v) is 27.5. The maximum absolute atomic E-state index is 13.2. The molecule has 0 fully saturated rings. The van der Waals surface area contributed by atoms with Crippen molar-refractivity contribution >= 4 is 27.9 Å². The van der Waals surface area contributed by atoms with Crippen molar-refractivity contribution in [2.75, 3.05) is 0 Å². The summed E-state index contributed by atoms with van der Waals surface area (Å²) in [5.41, 5.74) is 6.88. The standard InChI is InChI=1S/C33H32N4O.2ClHO4/c1-25-34(30-17-9-11-19-32(30)36(25)27-13-5-3-6-14-27)23-21-29(38)22-24-35-26(2)37(28-15-7-4-8-16-28)33-20-12-10-18-31(33)35;2*2-1(3,4)5/h3-20H,21-24H2,1-2H3;2*(H,2,3,4,5)/q+2;;/p-2. The Bertz CT molecular complexity index is 1820. The van der Waals surface area contributed by atoms with Gasteiger partial charge in [-0.3, -0.25) is 4.79 Å². The van der Waals surface area contributed by atoms with Crippen molar-refractivity contribution in [3.8, 4) is 11.4 Å². The van der Waals surface area contributed by atoms with Crippen molar-refractivity contribution in [3.05, 3.63) is 121 Å². The van der Waals surface area contributed by atoms with Gasteiger partial charge in [-0.2, -0.15) is 9.13 Å². The second-order valence-electron chi connectivity index (χ2n) is 10.5. The van der Waals surface area contributed by atoms with E-state index >= 15 is 0 Å². The first-order chi connectivity index (χ1) is 22.6. The summed E-state index contributed by atoms with van der Waals surface area (Å²) in [6.45, 7) is 5.60. The minimum atomic E-state index is -4.94. The molecule has 6 aromatic rings. The van der Waals surface area contributed by atoms with Crippen LogP contribution in [0.5, 0.6) is 0 Å². The molecule has 0 spiro atoms. The lowest BCUT2D eigenvalue weighted by Gasteiger charge is -2.17. The van der Waals surface area contributed by atoms with Crippen molar-refractivity contribution in [1.29, 1.82) is 0 Å². The van der Waals surface area contributed by atoms with Gasteiger partial charge in [0.25, 0.3) is 11.6 Å². The summed E-state index contributed by atoms with van der Waals surface area (Å²) in [6, 6.07) is 37.7. The normalized spacial score (nSPS) is 11.5. The van der Waals surface area contributed by atoms with Crippen molar-refractivity contribution in [1.82, 2.24) is 9.13 Å². The molecule has 0 atom stereocenters. The molecule has 0 saturated carbocycles. The van der Waals surface area contributed by atoms with Gasteiger partial charge in [0, 0.05) is 26.7 Å². The van der Waals surface area contributed by atoms with E-state index in [4.69, 9.17) is 37.3 Å². The number of imidazole rings is 2. The summed E-state index contributed by atoms with van der Waals surface area (Å²) in [6.07, 6.45) is 1.01. The fourth-order valence-corrected chi connectivity index (χ4v) is 5.67. The van der Waals surface area contributed by atoms with Gasteiger partial charge in [0.05, 0.1) is 13.1 Å². The quantitative estimate of drug-likeness (QED) is 0.143. The topological polar surface area (TPSA) is 219 Å². The average Bonchev–Trinajstić information content (AvgIpc) is 3.47. The lowest BCUT2D eigenvalue weighted by molar-refractivity contribution is -2.00. The number of para-hydroxylation sites is 6. The van der Waals surface area contributed by atoms with E-state index in [-0.39, 0.29) is 5.78 Å². The largest absolute Gasteiger partial charge is 0.299 e.